The van der Waals surface area contributed by atoms with Crippen molar-refractivity contribution in [1.82, 2.24) is 0 Å². The summed E-state index contributed by atoms with van der Waals surface area (Å²) < 4.78 is 5.94. The molecule has 0 fully saturated rings. The molecule has 16 heavy (non-hydrogen) atoms. The van der Waals surface area contributed by atoms with Crippen molar-refractivity contribution in [3.8, 4) is 5.75 Å². The van der Waals surface area contributed by atoms with E-state index in [0.717, 1.165) is 17.9 Å². The fraction of sp³-hybridized carbons (Fsp3) is 0.429. The summed E-state index contributed by atoms with van der Waals surface area (Å²) in [5.41, 5.74) is 1.03. The molecule has 0 aliphatic rings. The molecule has 1 N–H and O–H groups in total. The van der Waals surface area contributed by atoms with Gasteiger partial charge in [0.1, 0.15) is 5.75 Å². The van der Waals surface area contributed by atoms with Crippen molar-refractivity contribution < 1.29 is 4.74 Å². The molecule has 0 saturated heterocycles. The van der Waals surface area contributed by atoms with Crippen molar-refractivity contribution in [2.24, 2.45) is 5.92 Å². The zero-order chi connectivity index (χ0) is 12.0. The number of ether oxygens (including phenoxy) is 1. The van der Waals surface area contributed by atoms with Crippen molar-refractivity contribution in [3.63, 3.8) is 0 Å². The van der Waals surface area contributed by atoms with Crippen molar-refractivity contribution >= 4 is 5.69 Å². The first-order valence-electron chi connectivity index (χ1n) is 5.73. The standard InChI is InChI=1S/C14H21NO/c1-5-8-11(2)12(3)16-14-10-7-6-9-13(14)15-4/h5-7,9-12,15H,1,8H2,2-4H3/t11?,12-/m0/s1. The summed E-state index contributed by atoms with van der Waals surface area (Å²) in [5, 5.41) is 3.13. The van der Waals surface area contributed by atoms with Crippen molar-refractivity contribution in [2.45, 2.75) is 26.4 Å². The van der Waals surface area contributed by atoms with Gasteiger partial charge in [0.25, 0.3) is 0 Å². The zero-order valence-corrected chi connectivity index (χ0v) is 10.4. The molecule has 0 aromatic heterocycles. The van der Waals surface area contributed by atoms with Gasteiger partial charge in [-0.15, -0.1) is 6.58 Å². The van der Waals surface area contributed by atoms with Crippen molar-refractivity contribution in [2.75, 3.05) is 12.4 Å². The highest BCUT2D eigenvalue weighted by molar-refractivity contribution is 5.55. The topological polar surface area (TPSA) is 21.3 Å². The van der Waals surface area contributed by atoms with Gasteiger partial charge < -0.3 is 10.1 Å². The number of anilines is 1. The Hall–Kier alpha value is -1.44. The van der Waals surface area contributed by atoms with Gasteiger partial charge in [0.15, 0.2) is 0 Å². The van der Waals surface area contributed by atoms with Gasteiger partial charge in [0, 0.05) is 7.05 Å². The number of benzene rings is 1. The highest BCUT2D eigenvalue weighted by atomic mass is 16.5. The van der Waals surface area contributed by atoms with E-state index in [9.17, 15) is 0 Å². The Kier molecular flexibility index (Phi) is 4.90. The molecule has 2 nitrogen and oxygen atoms in total. The Labute approximate surface area is 98.3 Å². The number of hydrogen-bond acceptors (Lipinski definition) is 2. The third-order valence-corrected chi connectivity index (χ3v) is 2.81. The fourth-order valence-corrected chi connectivity index (χ4v) is 1.55. The van der Waals surface area contributed by atoms with Gasteiger partial charge in [-0.05, 0) is 31.4 Å². The maximum atomic E-state index is 5.94. The minimum atomic E-state index is 0.187. The summed E-state index contributed by atoms with van der Waals surface area (Å²) >= 11 is 0. The first-order chi connectivity index (χ1) is 7.69. The van der Waals surface area contributed by atoms with Crippen LogP contribution in [0.2, 0.25) is 0 Å². The number of rotatable bonds is 6. The summed E-state index contributed by atoms with van der Waals surface area (Å²) in [6.07, 6.45) is 3.10. The molecule has 1 unspecified atom stereocenters. The van der Waals surface area contributed by atoms with Gasteiger partial charge in [0.2, 0.25) is 0 Å². The molecular formula is C14H21NO. The third kappa shape index (κ3) is 3.30. The Morgan fingerprint density at radius 1 is 1.38 bits per heavy atom. The van der Waals surface area contributed by atoms with Crippen LogP contribution in [0.1, 0.15) is 20.3 Å². The van der Waals surface area contributed by atoms with Crippen LogP contribution in [-0.2, 0) is 0 Å². The summed E-state index contributed by atoms with van der Waals surface area (Å²) in [4.78, 5) is 0. The van der Waals surface area contributed by atoms with Crippen LogP contribution >= 0.6 is 0 Å². The van der Waals surface area contributed by atoms with E-state index in [1.807, 2.05) is 37.4 Å². The van der Waals surface area contributed by atoms with E-state index in [-0.39, 0.29) is 6.10 Å². The Bertz CT molecular complexity index is 335. The number of nitrogens with one attached hydrogen (secondary N) is 1. The molecule has 0 saturated carbocycles. The summed E-state index contributed by atoms with van der Waals surface area (Å²) in [6.45, 7) is 8.03. The third-order valence-electron chi connectivity index (χ3n) is 2.81. The molecule has 2 atom stereocenters. The smallest absolute Gasteiger partial charge is 0.142 e. The van der Waals surface area contributed by atoms with E-state index in [0.29, 0.717) is 5.92 Å². The second-order valence-corrected chi connectivity index (χ2v) is 4.07. The lowest BCUT2D eigenvalue weighted by atomic mass is 10.0. The van der Waals surface area contributed by atoms with Gasteiger partial charge in [0.05, 0.1) is 11.8 Å². The molecule has 1 rings (SSSR count). The summed E-state index contributed by atoms with van der Waals surface area (Å²) in [6, 6.07) is 7.99. The predicted octanol–water partition coefficient (Wildman–Crippen LogP) is 3.71. The molecule has 88 valence electrons. The van der Waals surface area contributed by atoms with Crippen molar-refractivity contribution in [1.29, 1.82) is 0 Å². The number of allylic oxidation sites excluding steroid dienone is 1. The zero-order valence-electron chi connectivity index (χ0n) is 10.4. The quantitative estimate of drug-likeness (QED) is 0.736. The van der Waals surface area contributed by atoms with Gasteiger partial charge in [-0.3, -0.25) is 0 Å². The molecular weight excluding hydrogens is 198 g/mol. The molecule has 0 aliphatic carbocycles. The van der Waals surface area contributed by atoms with Gasteiger partial charge in [-0.25, -0.2) is 0 Å². The lowest BCUT2D eigenvalue weighted by Crippen LogP contribution is -2.21. The SMILES string of the molecule is C=CCC(C)[C@H](C)Oc1ccccc1NC. The number of para-hydroxylation sites is 2. The average Bonchev–Trinajstić information content (AvgIpc) is 2.30. The molecule has 0 aliphatic heterocycles. The predicted molar refractivity (Wildman–Crippen MR) is 70.1 cm³/mol. The van der Waals surface area contributed by atoms with Crippen LogP contribution in [-0.4, -0.2) is 13.2 Å². The van der Waals surface area contributed by atoms with E-state index in [1.54, 1.807) is 0 Å². The maximum absolute atomic E-state index is 5.94. The normalized spacial score (nSPS) is 13.9. The van der Waals surface area contributed by atoms with Crippen LogP contribution in [0.5, 0.6) is 5.75 Å². The first-order valence-corrected chi connectivity index (χ1v) is 5.73. The molecule has 0 radical (unpaired) electrons. The van der Waals surface area contributed by atoms with Gasteiger partial charge >= 0.3 is 0 Å². The minimum absolute atomic E-state index is 0.187. The van der Waals surface area contributed by atoms with E-state index >= 15 is 0 Å². The van der Waals surface area contributed by atoms with Crippen LogP contribution < -0.4 is 10.1 Å². The van der Waals surface area contributed by atoms with Gasteiger partial charge in [-0.1, -0.05) is 25.1 Å². The van der Waals surface area contributed by atoms with Crippen LogP contribution in [0.3, 0.4) is 0 Å². The Morgan fingerprint density at radius 3 is 2.69 bits per heavy atom. The van der Waals surface area contributed by atoms with Crippen LogP contribution in [0.15, 0.2) is 36.9 Å². The van der Waals surface area contributed by atoms with Crippen LogP contribution in [0, 0.1) is 5.92 Å². The van der Waals surface area contributed by atoms with Crippen LogP contribution in [0.4, 0.5) is 5.69 Å². The second kappa shape index (κ2) is 6.21. The second-order valence-electron chi connectivity index (χ2n) is 4.07. The Morgan fingerprint density at radius 2 is 2.06 bits per heavy atom. The molecule has 0 spiro atoms. The largest absolute Gasteiger partial charge is 0.488 e. The highest BCUT2D eigenvalue weighted by Crippen LogP contribution is 2.26. The monoisotopic (exact) mass is 219 g/mol. The Balaban J connectivity index is 2.68. The van der Waals surface area contributed by atoms with Gasteiger partial charge in [-0.2, -0.15) is 0 Å². The average molecular weight is 219 g/mol. The molecule has 1 aromatic rings. The fourth-order valence-electron chi connectivity index (χ4n) is 1.55. The van der Waals surface area contributed by atoms with E-state index in [2.05, 4.69) is 25.7 Å². The lowest BCUT2D eigenvalue weighted by molar-refractivity contribution is 0.163. The molecule has 0 heterocycles. The molecule has 1 aromatic carbocycles. The van der Waals surface area contributed by atoms with E-state index in [4.69, 9.17) is 4.74 Å². The number of hydrogen-bond donors (Lipinski definition) is 1. The lowest BCUT2D eigenvalue weighted by Gasteiger charge is -2.22. The first kappa shape index (κ1) is 12.6. The van der Waals surface area contributed by atoms with E-state index in [1.165, 1.54) is 0 Å². The van der Waals surface area contributed by atoms with Crippen molar-refractivity contribution in [3.05, 3.63) is 36.9 Å². The van der Waals surface area contributed by atoms with Crippen LogP contribution in [0.25, 0.3) is 0 Å². The molecule has 2 heteroatoms. The van der Waals surface area contributed by atoms with E-state index < -0.39 is 0 Å². The minimum Gasteiger partial charge on any atom is -0.488 e. The highest BCUT2D eigenvalue weighted by Gasteiger charge is 2.13. The molecule has 0 bridgehead atoms. The summed E-state index contributed by atoms with van der Waals surface area (Å²) in [5.74, 6) is 1.39. The maximum Gasteiger partial charge on any atom is 0.142 e. The molecule has 0 amide bonds. The summed E-state index contributed by atoms with van der Waals surface area (Å²) in [7, 11) is 1.90.